The third-order valence-corrected chi connectivity index (χ3v) is 2.98. The molecule has 0 radical (unpaired) electrons. The van der Waals surface area contributed by atoms with Crippen molar-refractivity contribution in [1.29, 1.82) is 0 Å². The van der Waals surface area contributed by atoms with Crippen LogP contribution in [0.2, 0.25) is 0 Å². The van der Waals surface area contributed by atoms with Gasteiger partial charge in [-0.3, -0.25) is 4.90 Å². The summed E-state index contributed by atoms with van der Waals surface area (Å²) in [6.07, 6.45) is 0.412. The van der Waals surface area contributed by atoms with Gasteiger partial charge >= 0.3 is 0 Å². The molecule has 0 amide bonds. The Kier molecular flexibility index (Phi) is 1.53. The molecule has 0 saturated carbocycles. The van der Waals surface area contributed by atoms with E-state index in [1.165, 1.54) is 5.57 Å². The molecular formula is C9H14FN. The number of hydrogen-bond donors (Lipinski definition) is 0. The zero-order valence-electron chi connectivity index (χ0n) is 6.89. The summed E-state index contributed by atoms with van der Waals surface area (Å²) in [5, 5.41) is 0. The predicted molar refractivity (Wildman–Crippen MR) is 43.2 cm³/mol. The molecule has 2 aliphatic rings. The van der Waals surface area contributed by atoms with Gasteiger partial charge in [0, 0.05) is 25.0 Å². The highest BCUT2D eigenvalue weighted by Gasteiger charge is 2.42. The van der Waals surface area contributed by atoms with E-state index < -0.39 is 6.17 Å². The lowest BCUT2D eigenvalue weighted by Crippen LogP contribution is -2.24. The van der Waals surface area contributed by atoms with Crippen LogP contribution in [0.25, 0.3) is 0 Å². The van der Waals surface area contributed by atoms with Crippen LogP contribution in [-0.2, 0) is 0 Å². The van der Waals surface area contributed by atoms with E-state index in [-0.39, 0.29) is 5.92 Å². The highest BCUT2D eigenvalue weighted by Crippen LogP contribution is 2.35. The van der Waals surface area contributed by atoms with Gasteiger partial charge in [0.2, 0.25) is 0 Å². The van der Waals surface area contributed by atoms with Crippen LogP contribution in [0.3, 0.4) is 0 Å². The number of alkyl halides is 1. The van der Waals surface area contributed by atoms with Gasteiger partial charge in [0.05, 0.1) is 0 Å². The summed E-state index contributed by atoms with van der Waals surface area (Å²) >= 11 is 0. The van der Waals surface area contributed by atoms with Crippen LogP contribution >= 0.6 is 0 Å². The Labute approximate surface area is 66.9 Å². The summed E-state index contributed by atoms with van der Waals surface area (Å²) < 4.78 is 13.1. The van der Waals surface area contributed by atoms with Gasteiger partial charge in [-0.2, -0.15) is 0 Å². The van der Waals surface area contributed by atoms with E-state index in [1.807, 2.05) is 6.92 Å². The average molecular weight is 155 g/mol. The topological polar surface area (TPSA) is 3.24 Å². The van der Waals surface area contributed by atoms with E-state index in [9.17, 15) is 4.39 Å². The predicted octanol–water partition coefficient (Wildman–Crippen LogP) is 1.60. The van der Waals surface area contributed by atoms with E-state index in [2.05, 4.69) is 11.5 Å². The van der Waals surface area contributed by atoms with Gasteiger partial charge in [-0.25, -0.2) is 4.39 Å². The Morgan fingerprint density at radius 3 is 3.00 bits per heavy atom. The molecule has 2 heteroatoms. The maximum Gasteiger partial charge on any atom is 0.117 e. The normalized spacial score (nSPS) is 44.9. The van der Waals surface area contributed by atoms with Crippen molar-refractivity contribution in [3.63, 3.8) is 0 Å². The average Bonchev–Trinajstić information content (AvgIpc) is 2.37. The van der Waals surface area contributed by atoms with Crippen LogP contribution in [0, 0.1) is 5.92 Å². The second kappa shape index (κ2) is 2.31. The summed E-state index contributed by atoms with van der Waals surface area (Å²) in [4.78, 5) is 2.22. The Bertz CT molecular complexity index is 190. The van der Waals surface area contributed by atoms with Crippen LogP contribution in [0.15, 0.2) is 12.2 Å². The molecule has 11 heavy (non-hydrogen) atoms. The lowest BCUT2D eigenvalue weighted by atomic mass is 9.98. The van der Waals surface area contributed by atoms with E-state index >= 15 is 0 Å². The van der Waals surface area contributed by atoms with Gasteiger partial charge < -0.3 is 0 Å². The molecule has 0 N–H and O–H groups in total. The molecule has 62 valence electrons. The standard InChI is InChI=1S/C9H14FN/c1-6-3-9-7(2)8(10)5-11(9)4-6/h7-9H,1,3-5H2,2H3/t7?,8-,9-/m1/s1. The summed E-state index contributed by atoms with van der Waals surface area (Å²) in [6.45, 7) is 7.50. The van der Waals surface area contributed by atoms with Gasteiger partial charge in [0.25, 0.3) is 0 Å². The molecule has 1 nitrogen and oxygen atoms in total. The second-order valence-corrected chi connectivity index (χ2v) is 3.83. The molecule has 1 unspecified atom stereocenters. The van der Waals surface area contributed by atoms with Crippen LogP contribution in [0.1, 0.15) is 13.3 Å². The number of fused-ring (bicyclic) bond motifs is 1. The third kappa shape index (κ3) is 1.00. The van der Waals surface area contributed by atoms with Crippen molar-refractivity contribution >= 4 is 0 Å². The fraction of sp³-hybridized carbons (Fsp3) is 0.778. The van der Waals surface area contributed by atoms with E-state index in [0.29, 0.717) is 12.6 Å². The summed E-state index contributed by atoms with van der Waals surface area (Å²) in [5.74, 6) is 0.217. The van der Waals surface area contributed by atoms with Crippen molar-refractivity contribution in [3.8, 4) is 0 Å². The minimum atomic E-state index is -0.604. The van der Waals surface area contributed by atoms with Crippen molar-refractivity contribution in [3.05, 3.63) is 12.2 Å². The zero-order valence-corrected chi connectivity index (χ0v) is 6.89. The van der Waals surface area contributed by atoms with E-state index in [1.54, 1.807) is 0 Å². The summed E-state index contributed by atoms with van der Waals surface area (Å²) in [7, 11) is 0. The van der Waals surface area contributed by atoms with Gasteiger partial charge in [0.15, 0.2) is 0 Å². The largest absolute Gasteiger partial charge is 0.293 e. The summed E-state index contributed by atoms with van der Waals surface area (Å²) in [5.41, 5.74) is 1.27. The molecular weight excluding hydrogens is 141 g/mol. The maximum atomic E-state index is 13.1. The zero-order chi connectivity index (χ0) is 8.01. The minimum absolute atomic E-state index is 0.217. The van der Waals surface area contributed by atoms with Crippen molar-refractivity contribution < 1.29 is 4.39 Å². The molecule has 2 saturated heterocycles. The Morgan fingerprint density at radius 2 is 2.36 bits per heavy atom. The molecule has 0 bridgehead atoms. The number of rotatable bonds is 0. The van der Waals surface area contributed by atoms with E-state index in [4.69, 9.17) is 0 Å². The SMILES string of the molecule is C=C1C[C@@H]2C(C)[C@H](F)CN2C1. The van der Waals surface area contributed by atoms with Crippen LogP contribution < -0.4 is 0 Å². The van der Waals surface area contributed by atoms with Crippen molar-refractivity contribution in [2.75, 3.05) is 13.1 Å². The molecule has 0 aromatic rings. The van der Waals surface area contributed by atoms with E-state index in [0.717, 1.165) is 13.0 Å². The smallest absolute Gasteiger partial charge is 0.117 e. The van der Waals surface area contributed by atoms with Crippen molar-refractivity contribution in [1.82, 2.24) is 4.90 Å². The number of nitrogens with zero attached hydrogens (tertiary/aromatic N) is 1. The van der Waals surface area contributed by atoms with Crippen LogP contribution in [0.4, 0.5) is 4.39 Å². The first kappa shape index (κ1) is 7.29. The Hall–Kier alpha value is -0.370. The lowest BCUT2D eigenvalue weighted by molar-refractivity contribution is 0.279. The van der Waals surface area contributed by atoms with Gasteiger partial charge in [-0.05, 0) is 6.42 Å². The molecule has 0 spiro atoms. The third-order valence-electron chi connectivity index (χ3n) is 2.98. The fourth-order valence-electron chi connectivity index (χ4n) is 2.24. The van der Waals surface area contributed by atoms with Crippen molar-refractivity contribution in [2.24, 2.45) is 5.92 Å². The monoisotopic (exact) mass is 155 g/mol. The van der Waals surface area contributed by atoms with Gasteiger partial charge in [-0.1, -0.05) is 19.1 Å². The summed E-state index contributed by atoms with van der Waals surface area (Å²) in [6, 6.07) is 0.456. The molecule has 2 aliphatic heterocycles. The molecule has 0 aromatic heterocycles. The van der Waals surface area contributed by atoms with Crippen molar-refractivity contribution in [2.45, 2.75) is 25.6 Å². The molecule has 2 heterocycles. The quantitative estimate of drug-likeness (QED) is 0.480. The molecule has 0 aliphatic carbocycles. The first-order valence-corrected chi connectivity index (χ1v) is 4.23. The number of hydrogen-bond acceptors (Lipinski definition) is 1. The second-order valence-electron chi connectivity index (χ2n) is 3.83. The Balaban J connectivity index is 2.13. The maximum absolute atomic E-state index is 13.1. The first-order chi connectivity index (χ1) is 5.18. The van der Waals surface area contributed by atoms with Crippen LogP contribution in [0.5, 0.6) is 0 Å². The molecule has 0 aromatic carbocycles. The number of halogens is 1. The molecule has 2 rings (SSSR count). The van der Waals surface area contributed by atoms with Gasteiger partial charge in [-0.15, -0.1) is 0 Å². The Morgan fingerprint density at radius 1 is 1.64 bits per heavy atom. The molecule has 2 fully saturated rings. The first-order valence-electron chi connectivity index (χ1n) is 4.23. The highest BCUT2D eigenvalue weighted by molar-refractivity contribution is 5.12. The lowest BCUT2D eigenvalue weighted by Gasteiger charge is -2.15. The fourth-order valence-corrected chi connectivity index (χ4v) is 2.24. The highest BCUT2D eigenvalue weighted by atomic mass is 19.1. The van der Waals surface area contributed by atoms with Gasteiger partial charge in [0.1, 0.15) is 6.17 Å². The van der Waals surface area contributed by atoms with Crippen LogP contribution in [-0.4, -0.2) is 30.2 Å². The minimum Gasteiger partial charge on any atom is -0.293 e. The molecule has 3 atom stereocenters.